The Bertz CT molecular complexity index is 141. The molecule has 4 heteroatoms. The first-order chi connectivity index (χ1) is 3.52. The molecule has 1 saturated carbocycles. The summed E-state index contributed by atoms with van der Waals surface area (Å²) in [6.07, 6.45) is 0.726. The lowest BCUT2D eigenvalue weighted by Gasteiger charge is -1.99. The van der Waals surface area contributed by atoms with E-state index in [1.54, 1.807) is 0 Å². The zero-order valence-corrected chi connectivity index (χ0v) is 5.64. The van der Waals surface area contributed by atoms with Crippen LogP contribution in [0.1, 0.15) is 6.42 Å². The van der Waals surface area contributed by atoms with E-state index in [0.717, 1.165) is 6.42 Å². The van der Waals surface area contributed by atoms with Crippen LogP contribution in [-0.4, -0.2) is 23.3 Å². The SMILES string of the molecule is CP(=O)(O)C1C[C@@H]1N. The van der Waals surface area contributed by atoms with Crippen LogP contribution in [0.3, 0.4) is 0 Å². The molecule has 0 amide bonds. The van der Waals surface area contributed by atoms with Crippen molar-refractivity contribution in [1.29, 1.82) is 0 Å². The minimum atomic E-state index is -2.81. The number of rotatable bonds is 1. The van der Waals surface area contributed by atoms with Gasteiger partial charge < -0.3 is 10.6 Å². The molecule has 1 aliphatic rings. The van der Waals surface area contributed by atoms with Crippen molar-refractivity contribution in [1.82, 2.24) is 0 Å². The van der Waals surface area contributed by atoms with Crippen molar-refractivity contribution < 1.29 is 9.46 Å². The molecular weight excluding hydrogens is 125 g/mol. The van der Waals surface area contributed by atoms with Crippen LogP contribution in [0.4, 0.5) is 0 Å². The second-order valence-corrected chi connectivity index (χ2v) is 4.96. The Kier molecular flexibility index (Phi) is 1.23. The molecule has 0 aliphatic heterocycles. The normalized spacial score (nSPS) is 43.4. The van der Waals surface area contributed by atoms with Crippen LogP contribution in [0.25, 0.3) is 0 Å². The summed E-state index contributed by atoms with van der Waals surface area (Å²) < 4.78 is 10.7. The summed E-state index contributed by atoms with van der Waals surface area (Å²) in [5.41, 5.74) is 5.23. The molecule has 0 heterocycles. The molecular formula is C4H10NO2P. The van der Waals surface area contributed by atoms with Gasteiger partial charge in [-0.25, -0.2) is 0 Å². The minimum Gasteiger partial charge on any atom is -0.344 e. The average Bonchev–Trinajstić information content (AvgIpc) is 2.13. The van der Waals surface area contributed by atoms with Gasteiger partial charge >= 0.3 is 0 Å². The zero-order valence-electron chi connectivity index (χ0n) is 4.74. The number of hydrogen-bond acceptors (Lipinski definition) is 2. The van der Waals surface area contributed by atoms with Crippen molar-refractivity contribution in [3.8, 4) is 0 Å². The van der Waals surface area contributed by atoms with Gasteiger partial charge in [-0.2, -0.15) is 0 Å². The lowest BCUT2D eigenvalue weighted by molar-refractivity contribution is 0.482. The maximum atomic E-state index is 10.7. The van der Waals surface area contributed by atoms with Gasteiger partial charge in [-0.05, 0) is 6.42 Å². The molecule has 3 nitrogen and oxygen atoms in total. The van der Waals surface area contributed by atoms with E-state index in [0.29, 0.717) is 0 Å². The summed E-state index contributed by atoms with van der Waals surface area (Å²) in [6.45, 7) is 1.37. The molecule has 1 fully saturated rings. The van der Waals surface area contributed by atoms with E-state index in [4.69, 9.17) is 10.6 Å². The van der Waals surface area contributed by atoms with Gasteiger partial charge in [-0.3, -0.25) is 4.57 Å². The summed E-state index contributed by atoms with van der Waals surface area (Å²) in [5.74, 6) is 0. The summed E-state index contributed by atoms with van der Waals surface area (Å²) in [4.78, 5) is 8.80. The summed E-state index contributed by atoms with van der Waals surface area (Å²) in [6, 6.07) is -0.00386. The highest BCUT2D eigenvalue weighted by molar-refractivity contribution is 7.58. The van der Waals surface area contributed by atoms with E-state index >= 15 is 0 Å². The molecule has 1 aliphatic carbocycles. The van der Waals surface area contributed by atoms with E-state index in [1.807, 2.05) is 0 Å². The van der Waals surface area contributed by atoms with Crippen LogP contribution in [0.5, 0.6) is 0 Å². The molecule has 0 spiro atoms. The third kappa shape index (κ3) is 1.10. The maximum Gasteiger partial charge on any atom is 0.202 e. The van der Waals surface area contributed by atoms with Gasteiger partial charge in [0.15, 0.2) is 0 Å². The molecule has 0 aromatic rings. The van der Waals surface area contributed by atoms with E-state index in [2.05, 4.69) is 0 Å². The topological polar surface area (TPSA) is 63.3 Å². The molecule has 0 aromatic heterocycles. The molecule has 8 heavy (non-hydrogen) atoms. The van der Waals surface area contributed by atoms with Crippen LogP contribution in [0, 0.1) is 0 Å². The predicted molar refractivity (Wildman–Crippen MR) is 32.1 cm³/mol. The molecule has 1 rings (SSSR count). The van der Waals surface area contributed by atoms with Gasteiger partial charge in [0.25, 0.3) is 0 Å². The van der Waals surface area contributed by atoms with Crippen LogP contribution >= 0.6 is 7.37 Å². The van der Waals surface area contributed by atoms with Gasteiger partial charge in [0.05, 0.1) is 5.66 Å². The van der Waals surface area contributed by atoms with Crippen molar-refractivity contribution in [3.05, 3.63) is 0 Å². The largest absolute Gasteiger partial charge is 0.344 e. The van der Waals surface area contributed by atoms with Crippen LogP contribution in [0.2, 0.25) is 0 Å². The molecule has 0 aromatic carbocycles. The Labute approximate surface area is 48.3 Å². The van der Waals surface area contributed by atoms with Crippen molar-refractivity contribution in [2.75, 3.05) is 6.66 Å². The fourth-order valence-electron chi connectivity index (χ4n) is 0.751. The number of nitrogens with two attached hydrogens (primary N) is 1. The standard InChI is InChI=1S/C4H10NO2P/c1-8(6,7)4-2-3(4)5/h3-4H,2,5H2,1H3,(H,6,7)/t3-,4?/m0/s1. The van der Waals surface area contributed by atoms with Gasteiger partial charge in [-0.1, -0.05) is 0 Å². The number of hydrogen-bond donors (Lipinski definition) is 2. The first-order valence-electron chi connectivity index (χ1n) is 2.57. The Balaban J connectivity index is 2.52. The molecule has 48 valence electrons. The quantitative estimate of drug-likeness (QED) is 0.497. The van der Waals surface area contributed by atoms with Crippen LogP contribution in [-0.2, 0) is 4.57 Å². The highest BCUT2D eigenvalue weighted by Gasteiger charge is 2.44. The van der Waals surface area contributed by atoms with Crippen molar-refractivity contribution in [2.45, 2.75) is 18.1 Å². The fourth-order valence-corrected chi connectivity index (χ4v) is 2.10. The molecule has 0 saturated heterocycles. The van der Waals surface area contributed by atoms with Gasteiger partial charge in [0.2, 0.25) is 7.37 Å². The summed E-state index contributed by atoms with van der Waals surface area (Å²) in [5, 5.41) is 0. The maximum absolute atomic E-state index is 10.7. The van der Waals surface area contributed by atoms with E-state index in [9.17, 15) is 4.57 Å². The van der Waals surface area contributed by atoms with Crippen molar-refractivity contribution in [2.24, 2.45) is 5.73 Å². The smallest absolute Gasteiger partial charge is 0.202 e. The Morgan fingerprint density at radius 3 is 2.25 bits per heavy atom. The molecule has 3 N–H and O–H groups in total. The van der Waals surface area contributed by atoms with Gasteiger partial charge in [0.1, 0.15) is 0 Å². The average molecular weight is 135 g/mol. The molecule has 0 bridgehead atoms. The third-order valence-corrected chi connectivity index (χ3v) is 3.24. The summed E-state index contributed by atoms with van der Waals surface area (Å²) in [7, 11) is -2.81. The van der Waals surface area contributed by atoms with E-state index in [-0.39, 0.29) is 11.7 Å². The Morgan fingerprint density at radius 2 is 2.25 bits per heavy atom. The first kappa shape index (κ1) is 6.27. The highest BCUT2D eigenvalue weighted by atomic mass is 31.2. The first-order valence-corrected chi connectivity index (χ1v) is 4.75. The second kappa shape index (κ2) is 1.56. The predicted octanol–water partition coefficient (Wildman–Crippen LogP) is -0.0138. The van der Waals surface area contributed by atoms with Gasteiger partial charge in [0, 0.05) is 12.7 Å². The van der Waals surface area contributed by atoms with E-state index < -0.39 is 7.37 Å². The van der Waals surface area contributed by atoms with Crippen molar-refractivity contribution in [3.63, 3.8) is 0 Å². The Morgan fingerprint density at radius 1 is 1.88 bits per heavy atom. The molecule has 0 radical (unpaired) electrons. The van der Waals surface area contributed by atoms with Gasteiger partial charge in [-0.15, -0.1) is 0 Å². The van der Waals surface area contributed by atoms with E-state index in [1.165, 1.54) is 6.66 Å². The minimum absolute atomic E-state index is 0.00386. The highest BCUT2D eigenvalue weighted by Crippen LogP contribution is 2.53. The molecule has 2 unspecified atom stereocenters. The lowest BCUT2D eigenvalue weighted by Crippen LogP contribution is -2.04. The summed E-state index contributed by atoms with van der Waals surface area (Å²) >= 11 is 0. The Hall–Kier alpha value is 0.150. The third-order valence-electron chi connectivity index (χ3n) is 1.42. The lowest BCUT2D eigenvalue weighted by atomic mass is 10.8. The van der Waals surface area contributed by atoms with Crippen LogP contribution in [0.15, 0.2) is 0 Å². The molecule has 3 atom stereocenters. The fraction of sp³-hybridized carbons (Fsp3) is 1.00. The second-order valence-electron chi connectivity index (χ2n) is 2.41. The monoisotopic (exact) mass is 135 g/mol. The van der Waals surface area contributed by atoms with Crippen LogP contribution < -0.4 is 5.73 Å². The zero-order chi connectivity index (χ0) is 6.36. The van der Waals surface area contributed by atoms with Crippen molar-refractivity contribution >= 4 is 7.37 Å².